The van der Waals surface area contributed by atoms with Gasteiger partial charge in [-0.25, -0.2) is 0 Å². The molecular weight excluding hydrogens is 322 g/mol. The molecule has 1 heterocycles. The summed E-state index contributed by atoms with van der Waals surface area (Å²) < 4.78 is 11.0. The number of rotatable bonds is 6. The molecule has 24 heavy (non-hydrogen) atoms. The normalized spacial score (nSPS) is 10.2. The van der Waals surface area contributed by atoms with Crippen molar-refractivity contribution in [2.75, 3.05) is 12.4 Å². The molecule has 0 unspecified atom stereocenters. The van der Waals surface area contributed by atoms with E-state index in [9.17, 15) is 4.79 Å². The van der Waals surface area contributed by atoms with E-state index in [1.165, 1.54) is 0 Å². The molecule has 0 radical (unpaired) electrons. The van der Waals surface area contributed by atoms with E-state index >= 15 is 0 Å². The van der Waals surface area contributed by atoms with Crippen LogP contribution in [0, 0.1) is 0 Å². The number of hydrogen-bond acceptors (Lipinski definition) is 4. The number of amides is 1. The Balaban J connectivity index is 1.69. The molecule has 1 N–H and O–H groups in total. The summed E-state index contributed by atoms with van der Waals surface area (Å²) in [5.41, 5.74) is 1.17. The van der Waals surface area contributed by atoms with E-state index in [1.54, 1.807) is 48.8 Å². The third-order valence-corrected chi connectivity index (χ3v) is 4.26. The molecule has 3 rings (SSSR count). The number of thiophene rings is 1. The van der Waals surface area contributed by atoms with Crippen molar-refractivity contribution in [3.63, 3.8) is 0 Å². The van der Waals surface area contributed by atoms with Crippen molar-refractivity contribution in [3.05, 3.63) is 76.5 Å². The molecule has 122 valence electrons. The Hall–Kier alpha value is -2.79. The topological polar surface area (TPSA) is 47.6 Å². The fraction of sp³-hybridized carbons (Fsp3) is 0.105. The fourth-order valence-electron chi connectivity index (χ4n) is 2.22. The second-order valence-corrected chi connectivity index (χ2v) is 6.08. The standard InChI is InChI=1S/C19H17NO3S/c1-22-18-10-3-2-9-17(18)20-19(21)14-6-4-7-15(12-14)23-13-16-8-5-11-24-16/h2-12H,13H2,1H3,(H,20,21). The number of hydrogen-bond donors (Lipinski definition) is 1. The molecule has 0 atom stereocenters. The SMILES string of the molecule is COc1ccccc1NC(=O)c1cccc(OCc2cccs2)c1. The van der Waals surface area contributed by atoms with Crippen LogP contribution in [0.5, 0.6) is 11.5 Å². The molecule has 0 aliphatic rings. The van der Waals surface area contributed by atoms with Gasteiger partial charge < -0.3 is 14.8 Å². The van der Waals surface area contributed by atoms with Gasteiger partial charge in [0, 0.05) is 10.4 Å². The van der Waals surface area contributed by atoms with Gasteiger partial charge in [0.2, 0.25) is 0 Å². The first kappa shape index (κ1) is 16.1. The summed E-state index contributed by atoms with van der Waals surface area (Å²) in [5, 5.41) is 4.87. The molecule has 2 aromatic carbocycles. The molecule has 0 aliphatic carbocycles. The van der Waals surface area contributed by atoms with E-state index in [1.807, 2.05) is 35.7 Å². The van der Waals surface area contributed by atoms with Gasteiger partial charge in [-0.2, -0.15) is 0 Å². The molecule has 0 aliphatic heterocycles. The zero-order valence-electron chi connectivity index (χ0n) is 13.2. The first-order valence-electron chi connectivity index (χ1n) is 7.46. The minimum atomic E-state index is -0.207. The largest absolute Gasteiger partial charge is 0.495 e. The van der Waals surface area contributed by atoms with Gasteiger partial charge in [-0.15, -0.1) is 11.3 Å². The van der Waals surface area contributed by atoms with Crippen molar-refractivity contribution in [2.45, 2.75) is 6.61 Å². The number of nitrogens with one attached hydrogen (secondary N) is 1. The average Bonchev–Trinajstić information content (AvgIpc) is 3.14. The van der Waals surface area contributed by atoms with Gasteiger partial charge in [0.1, 0.15) is 18.1 Å². The van der Waals surface area contributed by atoms with Crippen molar-refractivity contribution in [1.29, 1.82) is 0 Å². The van der Waals surface area contributed by atoms with Gasteiger partial charge in [0.15, 0.2) is 0 Å². The molecule has 0 saturated carbocycles. The molecular formula is C19H17NO3S. The lowest BCUT2D eigenvalue weighted by atomic mass is 10.2. The highest BCUT2D eigenvalue weighted by Crippen LogP contribution is 2.24. The maximum Gasteiger partial charge on any atom is 0.255 e. The predicted octanol–water partition coefficient (Wildman–Crippen LogP) is 4.59. The van der Waals surface area contributed by atoms with E-state index in [4.69, 9.17) is 9.47 Å². The molecule has 5 heteroatoms. The first-order chi connectivity index (χ1) is 11.8. The third kappa shape index (κ3) is 3.94. The zero-order chi connectivity index (χ0) is 16.8. The van der Waals surface area contributed by atoms with Crippen LogP contribution in [-0.4, -0.2) is 13.0 Å². The Labute approximate surface area is 144 Å². The molecule has 0 bridgehead atoms. The minimum Gasteiger partial charge on any atom is -0.495 e. The van der Waals surface area contributed by atoms with Crippen LogP contribution in [0.4, 0.5) is 5.69 Å². The summed E-state index contributed by atoms with van der Waals surface area (Å²) in [6.07, 6.45) is 0. The molecule has 0 saturated heterocycles. The second-order valence-electron chi connectivity index (χ2n) is 5.05. The van der Waals surface area contributed by atoms with Crippen molar-refractivity contribution in [3.8, 4) is 11.5 Å². The highest BCUT2D eigenvalue weighted by Gasteiger charge is 2.10. The van der Waals surface area contributed by atoms with Gasteiger partial charge >= 0.3 is 0 Å². The van der Waals surface area contributed by atoms with Crippen LogP contribution in [0.1, 0.15) is 15.2 Å². The summed E-state index contributed by atoms with van der Waals surface area (Å²) in [6.45, 7) is 0.495. The van der Waals surface area contributed by atoms with Crippen LogP contribution in [-0.2, 0) is 6.61 Å². The van der Waals surface area contributed by atoms with Gasteiger partial charge in [0.25, 0.3) is 5.91 Å². The highest BCUT2D eigenvalue weighted by atomic mass is 32.1. The highest BCUT2D eigenvalue weighted by molar-refractivity contribution is 7.09. The predicted molar refractivity (Wildman–Crippen MR) is 96.0 cm³/mol. The second kappa shape index (κ2) is 7.66. The number of carbonyl (C=O) groups is 1. The van der Waals surface area contributed by atoms with Crippen LogP contribution in [0.3, 0.4) is 0 Å². The summed E-state index contributed by atoms with van der Waals surface area (Å²) in [6, 6.07) is 18.4. The van der Waals surface area contributed by atoms with Crippen molar-refractivity contribution in [1.82, 2.24) is 0 Å². The lowest BCUT2D eigenvalue weighted by Crippen LogP contribution is -2.12. The Morgan fingerprint density at radius 2 is 1.96 bits per heavy atom. The van der Waals surface area contributed by atoms with Crippen molar-refractivity contribution < 1.29 is 14.3 Å². The summed E-state index contributed by atoms with van der Waals surface area (Å²) in [5.74, 6) is 1.08. The van der Waals surface area contributed by atoms with Crippen LogP contribution < -0.4 is 14.8 Å². The van der Waals surface area contributed by atoms with E-state index in [-0.39, 0.29) is 5.91 Å². The van der Waals surface area contributed by atoms with Crippen LogP contribution in [0.15, 0.2) is 66.0 Å². The van der Waals surface area contributed by atoms with E-state index in [2.05, 4.69) is 5.32 Å². The maximum atomic E-state index is 12.4. The number of anilines is 1. The quantitative estimate of drug-likeness (QED) is 0.714. The molecule has 4 nitrogen and oxygen atoms in total. The van der Waals surface area contributed by atoms with Crippen LogP contribution in [0.25, 0.3) is 0 Å². The van der Waals surface area contributed by atoms with Gasteiger partial charge in [0.05, 0.1) is 12.8 Å². The van der Waals surface area contributed by atoms with Gasteiger partial charge in [-0.3, -0.25) is 4.79 Å². The smallest absolute Gasteiger partial charge is 0.255 e. The summed E-state index contributed by atoms with van der Waals surface area (Å²) in [4.78, 5) is 13.6. The first-order valence-corrected chi connectivity index (χ1v) is 8.34. The lowest BCUT2D eigenvalue weighted by Gasteiger charge is -2.11. The van der Waals surface area contributed by atoms with E-state index in [0.717, 1.165) is 4.88 Å². The maximum absolute atomic E-state index is 12.4. The Morgan fingerprint density at radius 3 is 2.75 bits per heavy atom. The van der Waals surface area contributed by atoms with Crippen molar-refractivity contribution >= 4 is 22.9 Å². The van der Waals surface area contributed by atoms with Crippen LogP contribution >= 0.6 is 11.3 Å². The molecule has 0 spiro atoms. The number of benzene rings is 2. The summed E-state index contributed by atoms with van der Waals surface area (Å²) >= 11 is 1.64. The Morgan fingerprint density at radius 1 is 1.08 bits per heavy atom. The van der Waals surface area contributed by atoms with Crippen molar-refractivity contribution in [2.24, 2.45) is 0 Å². The van der Waals surface area contributed by atoms with Crippen LogP contribution in [0.2, 0.25) is 0 Å². The lowest BCUT2D eigenvalue weighted by molar-refractivity contribution is 0.102. The minimum absolute atomic E-state index is 0.207. The van der Waals surface area contributed by atoms with E-state index in [0.29, 0.717) is 29.4 Å². The Kier molecular flexibility index (Phi) is 5.13. The Bertz CT molecular complexity index is 815. The molecule has 1 amide bonds. The number of methoxy groups -OCH3 is 1. The number of para-hydroxylation sites is 2. The molecule has 0 fully saturated rings. The average molecular weight is 339 g/mol. The van der Waals surface area contributed by atoms with Gasteiger partial charge in [-0.1, -0.05) is 24.3 Å². The van der Waals surface area contributed by atoms with Gasteiger partial charge in [-0.05, 0) is 41.8 Å². The van der Waals surface area contributed by atoms with E-state index < -0.39 is 0 Å². The molecule has 3 aromatic rings. The number of ether oxygens (including phenoxy) is 2. The summed E-state index contributed by atoms with van der Waals surface area (Å²) in [7, 11) is 1.57. The third-order valence-electron chi connectivity index (χ3n) is 3.41. The molecule has 1 aromatic heterocycles. The monoisotopic (exact) mass is 339 g/mol. The zero-order valence-corrected chi connectivity index (χ0v) is 14.0. The number of carbonyl (C=O) groups excluding carboxylic acids is 1. The fourth-order valence-corrected chi connectivity index (χ4v) is 2.83.